The molecule has 1 aliphatic heterocycles. The van der Waals surface area contributed by atoms with Gasteiger partial charge in [-0.15, -0.1) is 0 Å². The molecule has 1 aliphatic rings. The first kappa shape index (κ1) is 13.0. The summed E-state index contributed by atoms with van der Waals surface area (Å²) in [5.74, 6) is -0.217. The van der Waals surface area contributed by atoms with Crippen LogP contribution in [0.2, 0.25) is 0 Å². The Labute approximate surface area is 110 Å². The number of hydrogen-bond acceptors (Lipinski definition) is 2. The van der Waals surface area contributed by atoms with E-state index in [9.17, 15) is 4.39 Å². The molecular weight excluding hydrogens is 285 g/mol. The highest BCUT2D eigenvalue weighted by molar-refractivity contribution is 9.10. The van der Waals surface area contributed by atoms with Gasteiger partial charge >= 0.3 is 0 Å². The van der Waals surface area contributed by atoms with Crippen LogP contribution in [0, 0.1) is 11.2 Å². The van der Waals surface area contributed by atoms with Crippen LogP contribution in [0.5, 0.6) is 0 Å². The standard InChI is InChI=1S/C13H17BrFNO/c1-13(2)7-16-6-12(17-8-13)10-4-3-9(14)5-11(10)15/h3-5,12,16H,6-8H2,1-2H3. The van der Waals surface area contributed by atoms with Crippen LogP contribution in [0.25, 0.3) is 0 Å². The normalized spacial score (nSPS) is 24.4. The summed E-state index contributed by atoms with van der Waals surface area (Å²) < 4.78 is 20.4. The van der Waals surface area contributed by atoms with Crippen LogP contribution in [-0.4, -0.2) is 19.7 Å². The van der Waals surface area contributed by atoms with Gasteiger partial charge in [0.15, 0.2) is 0 Å². The smallest absolute Gasteiger partial charge is 0.130 e. The van der Waals surface area contributed by atoms with Crippen molar-refractivity contribution in [2.45, 2.75) is 20.0 Å². The second kappa shape index (κ2) is 5.04. The van der Waals surface area contributed by atoms with E-state index in [0.29, 0.717) is 18.7 Å². The van der Waals surface area contributed by atoms with Crippen LogP contribution in [0.3, 0.4) is 0 Å². The van der Waals surface area contributed by atoms with Gasteiger partial charge in [0.25, 0.3) is 0 Å². The van der Waals surface area contributed by atoms with E-state index in [1.54, 1.807) is 6.07 Å². The molecule has 0 spiro atoms. The topological polar surface area (TPSA) is 21.3 Å². The SMILES string of the molecule is CC1(C)CNCC(c2ccc(Br)cc2F)OC1. The maximum Gasteiger partial charge on any atom is 0.130 e. The van der Waals surface area contributed by atoms with Gasteiger partial charge < -0.3 is 10.1 Å². The molecule has 0 saturated carbocycles. The molecule has 1 heterocycles. The summed E-state index contributed by atoms with van der Waals surface area (Å²) in [6, 6.07) is 5.11. The number of hydrogen-bond donors (Lipinski definition) is 1. The maximum atomic E-state index is 13.8. The monoisotopic (exact) mass is 301 g/mol. The number of nitrogens with one attached hydrogen (secondary N) is 1. The zero-order chi connectivity index (χ0) is 12.5. The highest BCUT2D eigenvalue weighted by atomic mass is 79.9. The van der Waals surface area contributed by atoms with E-state index in [1.165, 1.54) is 6.07 Å². The summed E-state index contributed by atoms with van der Waals surface area (Å²) in [5, 5.41) is 3.32. The molecule has 1 N–H and O–H groups in total. The van der Waals surface area contributed by atoms with E-state index in [-0.39, 0.29) is 17.3 Å². The molecule has 4 heteroatoms. The number of halogens is 2. The van der Waals surface area contributed by atoms with Gasteiger partial charge in [0, 0.05) is 28.5 Å². The predicted octanol–water partition coefficient (Wildman–Crippen LogP) is 3.28. The largest absolute Gasteiger partial charge is 0.371 e. The van der Waals surface area contributed by atoms with Crippen LogP contribution in [0.4, 0.5) is 4.39 Å². The van der Waals surface area contributed by atoms with E-state index < -0.39 is 0 Å². The first-order valence-electron chi connectivity index (χ1n) is 5.75. The fraction of sp³-hybridized carbons (Fsp3) is 0.538. The fourth-order valence-electron chi connectivity index (χ4n) is 1.94. The molecule has 1 atom stereocenters. The molecule has 0 radical (unpaired) electrons. The Morgan fingerprint density at radius 3 is 2.94 bits per heavy atom. The minimum absolute atomic E-state index is 0.0978. The third-order valence-electron chi connectivity index (χ3n) is 2.92. The van der Waals surface area contributed by atoms with Crippen LogP contribution in [0.1, 0.15) is 25.5 Å². The van der Waals surface area contributed by atoms with Crippen LogP contribution in [0.15, 0.2) is 22.7 Å². The van der Waals surface area contributed by atoms with E-state index in [0.717, 1.165) is 11.0 Å². The van der Waals surface area contributed by atoms with Crippen molar-refractivity contribution in [1.82, 2.24) is 5.32 Å². The van der Waals surface area contributed by atoms with Gasteiger partial charge in [0.1, 0.15) is 5.82 Å². The Bertz CT molecular complexity index is 408. The molecule has 1 unspecified atom stereocenters. The first-order valence-corrected chi connectivity index (χ1v) is 6.54. The van der Waals surface area contributed by atoms with E-state index in [4.69, 9.17) is 4.74 Å². The molecule has 1 aromatic rings. The minimum atomic E-state index is -0.217. The third-order valence-corrected chi connectivity index (χ3v) is 3.41. The lowest BCUT2D eigenvalue weighted by molar-refractivity contribution is 0.0242. The average molecular weight is 302 g/mol. The van der Waals surface area contributed by atoms with E-state index in [2.05, 4.69) is 35.1 Å². The molecule has 1 aromatic carbocycles. The predicted molar refractivity (Wildman–Crippen MR) is 69.4 cm³/mol. The van der Waals surface area contributed by atoms with Crippen molar-refractivity contribution < 1.29 is 9.13 Å². The lowest BCUT2D eigenvalue weighted by atomic mass is 9.95. The van der Waals surface area contributed by atoms with Crippen molar-refractivity contribution in [2.75, 3.05) is 19.7 Å². The van der Waals surface area contributed by atoms with Crippen molar-refractivity contribution in [3.05, 3.63) is 34.1 Å². The molecular formula is C13H17BrFNO. The maximum absolute atomic E-state index is 13.8. The quantitative estimate of drug-likeness (QED) is 0.859. The second-order valence-corrected chi connectivity index (χ2v) is 6.18. The van der Waals surface area contributed by atoms with Crippen LogP contribution < -0.4 is 5.32 Å². The van der Waals surface area contributed by atoms with Gasteiger partial charge in [-0.2, -0.15) is 0 Å². The summed E-state index contributed by atoms with van der Waals surface area (Å²) in [6.07, 6.45) is -0.204. The van der Waals surface area contributed by atoms with Gasteiger partial charge in [-0.1, -0.05) is 35.8 Å². The van der Waals surface area contributed by atoms with Crippen LogP contribution >= 0.6 is 15.9 Å². The van der Waals surface area contributed by atoms with Gasteiger partial charge in [0.2, 0.25) is 0 Å². The Morgan fingerprint density at radius 1 is 1.47 bits per heavy atom. The van der Waals surface area contributed by atoms with Gasteiger partial charge in [0.05, 0.1) is 12.7 Å². The Morgan fingerprint density at radius 2 is 2.24 bits per heavy atom. The molecule has 1 saturated heterocycles. The Hall–Kier alpha value is -0.450. The number of ether oxygens (including phenoxy) is 1. The number of rotatable bonds is 1. The summed E-state index contributed by atoms with van der Waals surface area (Å²) in [7, 11) is 0. The zero-order valence-electron chi connectivity index (χ0n) is 10.1. The van der Waals surface area contributed by atoms with Gasteiger partial charge in [-0.3, -0.25) is 0 Å². The van der Waals surface area contributed by atoms with Crippen molar-refractivity contribution in [1.29, 1.82) is 0 Å². The molecule has 2 nitrogen and oxygen atoms in total. The molecule has 0 aromatic heterocycles. The first-order chi connectivity index (χ1) is 7.98. The average Bonchev–Trinajstić information content (AvgIpc) is 2.40. The highest BCUT2D eigenvalue weighted by Crippen LogP contribution is 2.28. The Balaban J connectivity index is 2.17. The van der Waals surface area contributed by atoms with Crippen molar-refractivity contribution in [2.24, 2.45) is 5.41 Å². The molecule has 0 aliphatic carbocycles. The number of benzene rings is 1. The highest BCUT2D eigenvalue weighted by Gasteiger charge is 2.26. The van der Waals surface area contributed by atoms with E-state index in [1.807, 2.05) is 6.07 Å². The van der Waals surface area contributed by atoms with Crippen molar-refractivity contribution in [3.8, 4) is 0 Å². The summed E-state index contributed by atoms with van der Waals surface area (Å²) in [5.41, 5.74) is 0.721. The van der Waals surface area contributed by atoms with Gasteiger partial charge in [-0.05, 0) is 12.1 Å². The minimum Gasteiger partial charge on any atom is -0.371 e. The molecule has 17 heavy (non-hydrogen) atoms. The third kappa shape index (κ3) is 3.27. The van der Waals surface area contributed by atoms with Crippen molar-refractivity contribution >= 4 is 15.9 Å². The molecule has 0 bridgehead atoms. The summed E-state index contributed by atoms with van der Waals surface area (Å²) in [4.78, 5) is 0. The summed E-state index contributed by atoms with van der Waals surface area (Å²) in [6.45, 7) is 6.46. The molecule has 2 rings (SSSR count). The molecule has 0 amide bonds. The lowest BCUT2D eigenvalue weighted by Crippen LogP contribution is -2.29. The van der Waals surface area contributed by atoms with Crippen LogP contribution in [-0.2, 0) is 4.74 Å². The van der Waals surface area contributed by atoms with Gasteiger partial charge in [-0.25, -0.2) is 4.39 Å². The van der Waals surface area contributed by atoms with Crippen molar-refractivity contribution in [3.63, 3.8) is 0 Å². The molecule has 94 valence electrons. The lowest BCUT2D eigenvalue weighted by Gasteiger charge is -2.21. The Kier molecular flexibility index (Phi) is 3.85. The summed E-state index contributed by atoms with van der Waals surface area (Å²) >= 11 is 3.26. The van der Waals surface area contributed by atoms with E-state index >= 15 is 0 Å². The molecule has 1 fully saturated rings. The second-order valence-electron chi connectivity index (χ2n) is 5.26. The fourth-order valence-corrected chi connectivity index (χ4v) is 2.27. The zero-order valence-corrected chi connectivity index (χ0v) is 11.7.